The van der Waals surface area contributed by atoms with E-state index in [0.717, 1.165) is 26.1 Å². The zero-order valence-electron chi connectivity index (χ0n) is 11.2. The molecule has 0 aromatic carbocycles. The minimum atomic E-state index is 0.381. The molecular weight excluding hydrogens is 232 g/mol. The van der Waals surface area contributed by atoms with Crippen LogP contribution >= 0.6 is 0 Å². The predicted octanol–water partition coefficient (Wildman–Crippen LogP) is 1.41. The molecule has 1 aromatic heterocycles. The van der Waals surface area contributed by atoms with Crippen molar-refractivity contribution in [3.05, 3.63) is 5.89 Å². The summed E-state index contributed by atoms with van der Waals surface area (Å²) in [5, 5.41) is 14.3. The van der Waals surface area contributed by atoms with Gasteiger partial charge in [0, 0.05) is 20.3 Å². The first-order valence-electron chi connectivity index (χ1n) is 6.54. The molecule has 6 heteroatoms. The fraction of sp³-hybridized carbons (Fsp3) is 0.833. The summed E-state index contributed by atoms with van der Waals surface area (Å²) in [5.74, 6) is 0.626. The van der Waals surface area contributed by atoms with E-state index in [2.05, 4.69) is 20.8 Å². The molecule has 18 heavy (non-hydrogen) atoms. The van der Waals surface area contributed by atoms with Crippen LogP contribution in [0.1, 0.15) is 32.1 Å². The summed E-state index contributed by atoms with van der Waals surface area (Å²) in [5.41, 5.74) is 0.381. The molecule has 1 fully saturated rings. The molecule has 0 amide bonds. The van der Waals surface area contributed by atoms with Gasteiger partial charge in [-0.25, -0.2) is 0 Å². The van der Waals surface area contributed by atoms with E-state index >= 15 is 0 Å². The van der Waals surface area contributed by atoms with Gasteiger partial charge in [-0.3, -0.25) is 0 Å². The van der Waals surface area contributed by atoms with Crippen LogP contribution in [0.15, 0.2) is 4.42 Å². The Morgan fingerprint density at radius 1 is 1.39 bits per heavy atom. The Balaban J connectivity index is 1.74. The molecule has 1 aromatic rings. The maximum absolute atomic E-state index is 5.49. The van der Waals surface area contributed by atoms with Gasteiger partial charge in [-0.05, 0) is 31.2 Å². The first kappa shape index (κ1) is 13.3. The van der Waals surface area contributed by atoms with Crippen molar-refractivity contribution in [3.8, 4) is 0 Å². The second-order valence-electron chi connectivity index (χ2n) is 4.88. The third-order valence-electron chi connectivity index (χ3n) is 3.40. The largest absolute Gasteiger partial charge is 0.407 e. The van der Waals surface area contributed by atoms with Crippen molar-refractivity contribution < 1.29 is 9.15 Å². The molecule has 6 nitrogen and oxygen atoms in total. The fourth-order valence-corrected chi connectivity index (χ4v) is 1.90. The molecule has 0 bridgehead atoms. The number of hydrogen-bond acceptors (Lipinski definition) is 6. The molecule has 2 N–H and O–H groups in total. The standard InChI is InChI=1S/C12H22N4O2/c1-3-13-8-10-15-16-11(18-10)14-9-12(4-5-12)6-7-17-2/h13H,3-9H2,1-2H3,(H,14,16). The number of methoxy groups -OCH3 is 1. The van der Waals surface area contributed by atoms with Gasteiger partial charge in [0.1, 0.15) is 0 Å². The molecule has 0 saturated heterocycles. The second kappa shape index (κ2) is 6.15. The molecule has 0 radical (unpaired) electrons. The molecule has 1 aliphatic rings. The van der Waals surface area contributed by atoms with Crippen molar-refractivity contribution in [2.45, 2.75) is 32.7 Å². The molecule has 1 heterocycles. The summed E-state index contributed by atoms with van der Waals surface area (Å²) in [6.07, 6.45) is 3.60. The Morgan fingerprint density at radius 2 is 2.22 bits per heavy atom. The Morgan fingerprint density at radius 3 is 2.89 bits per heavy atom. The fourth-order valence-electron chi connectivity index (χ4n) is 1.90. The number of aromatic nitrogens is 2. The Kier molecular flexibility index (Phi) is 4.54. The monoisotopic (exact) mass is 254 g/mol. The van der Waals surface area contributed by atoms with Crippen LogP contribution in [0.2, 0.25) is 0 Å². The Bertz CT molecular complexity index is 363. The highest BCUT2D eigenvalue weighted by Crippen LogP contribution is 2.48. The third-order valence-corrected chi connectivity index (χ3v) is 3.40. The minimum absolute atomic E-state index is 0.381. The van der Waals surface area contributed by atoms with Gasteiger partial charge < -0.3 is 19.8 Å². The van der Waals surface area contributed by atoms with Crippen molar-refractivity contribution in [2.24, 2.45) is 5.41 Å². The zero-order chi connectivity index (χ0) is 12.8. The van der Waals surface area contributed by atoms with E-state index in [0.29, 0.717) is 23.9 Å². The molecule has 2 rings (SSSR count). The smallest absolute Gasteiger partial charge is 0.315 e. The van der Waals surface area contributed by atoms with Gasteiger partial charge in [0.2, 0.25) is 5.89 Å². The molecule has 0 aliphatic heterocycles. The number of hydrogen-bond donors (Lipinski definition) is 2. The topological polar surface area (TPSA) is 72.2 Å². The minimum Gasteiger partial charge on any atom is -0.407 e. The molecule has 0 spiro atoms. The first-order valence-corrected chi connectivity index (χ1v) is 6.54. The zero-order valence-corrected chi connectivity index (χ0v) is 11.2. The third kappa shape index (κ3) is 3.68. The second-order valence-corrected chi connectivity index (χ2v) is 4.88. The van der Waals surface area contributed by atoms with E-state index in [4.69, 9.17) is 9.15 Å². The normalized spacial score (nSPS) is 16.8. The number of ether oxygens (including phenoxy) is 1. The summed E-state index contributed by atoms with van der Waals surface area (Å²) in [6.45, 7) is 5.27. The van der Waals surface area contributed by atoms with Crippen molar-refractivity contribution in [3.63, 3.8) is 0 Å². The van der Waals surface area contributed by atoms with Crippen molar-refractivity contribution in [1.29, 1.82) is 0 Å². The van der Waals surface area contributed by atoms with Crippen molar-refractivity contribution in [1.82, 2.24) is 15.5 Å². The van der Waals surface area contributed by atoms with E-state index in [1.165, 1.54) is 12.8 Å². The maximum atomic E-state index is 5.49. The molecular formula is C12H22N4O2. The van der Waals surface area contributed by atoms with Gasteiger partial charge in [0.25, 0.3) is 0 Å². The van der Waals surface area contributed by atoms with Crippen LogP contribution in [0.25, 0.3) is 0 Å². The predicted molar refractivity (Wildman–Crippen MR) is 68.3 cm³/mol. The first-order chi connectivity index (χ1) is 8.78. The number of anilines is 1. The summed E-state index contributed by atoms with van der Waals surface area (Å²) in [7, 11) is 1.74. The van der Waals surface area contributed by atoms with Crippen LogP contribution in [0, 0.1) is 5.41 Å². The van der Waals surface area contributed by atoms with Crippen LogP contribution in [-0.2, 0) is 11.3 Å². The summed E-state index contributed by atoms with van der Waals surface area (Å²) >= 11 is 0. The molecule has 1 saturated carbocycles. The Hall–Kier alpha value is -1.14. The summed E-state index contributed by atoms with van der Waals surface area (Å²) in [4.78, 5) is 0. The van der Waals surface area contributed by atoms with Crippen LogP contribution in [0.4, 0.5) is 6.01 Å². The van der Waals surface area contributed by atoms with Crippen LogP contribution < -0.4 is 10.6 Å². The van der Waals surface area contributed by atoms with E-state index < -0.39 is 0 Å². The van der Waals surface area contributed by atoms with Gasteiger partial charge in [-0.15, -0.1) is 5.10 Å². The lowest BCUT2D eigenvalue weighted by Gasteiger charge is -2.13. The number of rotatable bonds is 9. The number of nitrogens with zero attached hydrogens (tertiary/aromatic N) is 2. The quantitative estimate of drug-likeness (QED) is 0.694. The van der Waals surface area contributed by atoms with E-state index in [1.54, 1.807) is 7.11 Å². The SMILES string of the molecule is CCNCc1nnc(NCC2(CCOC)CC2)o1. The highest BCUT2D eigenvalue weighted by atomic mass is 16.5. The molecule has 1 aliphatic carbocycles. The lowest BCUT2D eigenvalue weighted by molar-refractivity contribution is 0.174. The van der Waals surface area contributed by atoms with E-state index in [1.807, 2.05) is 6.92 Å². The van der Waals surface area contributed by atoms with Gasteiger partial charge in [0.15, 0.2) is 0 Å². The van der Waals surface area contributed by atoms with E-state index in [-0.39, 0.29) is 0 Å². The highest BCUT2D eigenvalue weighted by Gasteiger charge is 2.42. The molecule has 0 atom stereocenters. The maximum Gasteiger partial charge on any atom is 0.315 e. The van der Waals surface area contributed by atoms with E-state index in [9.17, 15) is 0 Å². The Labute approximate surface area is 107 Å². The average molecular weight is 254 g/mol. The molecule has 0 unspecified atom stereocenters. The highest BCUT2D eigenvalue weighted by molar-refractivity contribution is 5.19. The van der Waals surface area contributed by atoms with Gasteiger partial charge in [-0.2, -0.15) is 0 Å². The van der Waals surface area contributed by atoms with Crippen LogP contribution in [0.3, 0.4) is 0 Å². The van der Waals surface area contributed by atoms with Gasteiger partial charge in [-0.1, -0.05) is 12.0 Å². The van der Waals surface area contributed by atoms with Crippen molar-refractivity contribution in [2.75, 3.05) is 32.1 Å². The summed E-state index contributed by atoms with van der Waals surface area (Å²) < 4.78 is 10.6. The summed E-state index contributed by atoms with van der Waals surface area (Å²) in [6, 6.07) is 0.520. The lowest BCUT2D eigenvalue weighted by atomic mass is 10.0. The molecule has 102 valence electrons. The lowest BCUT2D eigenvalue weighted by Crippen LogP contribution is -2.17. The van der Waals surface area contributed by atoms with Gasteiger partial charge in [0.05, 0.1) is 6.54 Å². The van der Waals surface area contributed by atoms with Crippen molar-refractivity contribution >= 4 is 6.01 Å². The average Bonchev–Trinajstić information content (AvgIpc) is 3.02. The van der Waals surface area contributed by atoms with Gasteiger partial charge >= 0.3 is 6.01 Å². The number of nitrogens with one attached hydrogen (secondary N) is 2. The van der Waals surface area contributed by atoms with Crippen LogP contribution in [-0.4, -0.2) is 37.0 Å². The van der Waals surface area contributed by atoms with Crippen LogP contribution in [0.5, 0.6) is 0 Å².